The van der Waals surface area contributed by atoms with E-state index in [0.29, 0.717) is 23.1 Å². The van der Waals surface area contributed by atoms with Gasteiger partial charge in [0.2, 0.25) is 0 Å². The Hall–Kier alpha value is -1.33. The Balaban J connectivity index is 2.04. The molecule has 0 aliphatic rings. The highest BCUT2D eigenvalue weighted by Gasteiger charge is 2.05. The van der Waals surface area contributed by atoms with Gasteiger partial charge in [-0.25, -0.2) is 4.98 Å². The fraction of sp³-hybridized carbons (Fsp3) is 0.286. The summed E-state index contributed by atoms with van der Waals surface area (Å²) in [6, 6.07) is 5.53. The second-order valence-corrected chi connectivity index (χ2v) is 5.50. The SMILES string of the molecule is CCCNc1ccc(Cl)c(COc2cncc(Br)c2)n1. The molecule has 0 spiro atoms. The minimum Gasteiger partial charge on any atom is -0.486 e. The fourth-order valence-corrected chi connectivity index (χ4v) is 2.06. The van der Waals surface area contributed by atoms with E-state index < -0.39 is 0 Å². The van der Waals surface area contributed by atoms with Crippen molar-refractivity contribution >= 4 is 33.3 Å². The van der Waals surface area contributed by atoms with Gasteiger partial charge < -0.3 is 10.1 Å². The molecule has 0 aliphatic carbocycles. The lowest BCUT2D eigenvalue weighted by Crippen LogP contribution is -2.05. The third-order valence-corrected chi connectivity index (χ3v) is 3.31. The Morgan fingerprint density at radius 1 is 1.35 bits per heavy atom. The number of rotatable bonds is 6. The van der Waals surface area contributed by atoms with Crippen LogP contribution in [0.1, 0.15) is 19.0 Å². The van der Waals surface area contributed by atoms with E-state index in [4.69, 9.17) is 16.3 Å². The summed E-state index contributed by atoms with van der Waals surface area (Å²) in [7, 11) is 0. The van der Waals surface area contributed by atoms with Gasteiger partial charge in [0.1, 0.15) is 18.2 Å². The first-order valence-electron chi connectivity index (χ1n) is 6.31. The molecule has 106 valence electrons. The van der Waals surface area contributed by atoms with Crippen LogP contribution in [0, 0.1) is 0 Å². The molecule has 0 atom stereocenters. The average molecular weight is 357 g/mol. The van der Waals surface area contributed by atoms with E-state index in [0.717, 1.165) is 23.3 Å². The second kappa shape index (κ2) is 7.45. The summed E-state index contributed by atoms with van der Waals surface area (Å²) in [5, 5.41) is 3.82. The number of nitrogens with one attached hydrogen (secondary N) is 1. The van der Waals surface area contributed by atoms with Gasteiger partial charge in [0.05, 0.1) is 16.9 Å². The molecule has 0 bridgehead atoms. The number of pyridine rings is 2. The predicted octanol–water partition coefficient (Wildman–Crippen LogP) is 4.29. The summed E-state index contributed by atoms with van der Waals surface area (Å²) in [4.78, 5) is 8.49. The maximum absolute atomic E-state index is 6.13. The highest BCUT2D eigenvalue weighted by atomic mass is 79.9. The molecule has 6 heteroatoms. The summed E-state index contributed by atoms with van der Waals surface area (Å²) in [5.41, 5.74) is 0.702. The first-order valence-corrected chi connectivity index (χ1v) is 7.48. The van der Waals surface area contributed by atoms with Crippen LogP contribution in [-0.4, -0.2) is 16.5 Å². The second-order valence-electron chi connectivity index (χ2n) is 4.18. The van der Waals surface area contributed by atoms with Crippen molar-refractivity contribution in [3.63, 3.8) is 0 Å². The zero-order valence-electron chi connectivity index (χ0n) is 11.1. The van der Waals surface area contributed by atoms with Crippen LogP contribution in [0.5, 0.6) is 5.75 Å². The third-order valence-electron chi connectivity index (χ3n) is 2.53. The van der Waals surface area contributed by atoms with Crippen LogP contribution in [-0.2, 0) is 6.61 Å². The van der Waals surface area contributed by atoms with E-state index in [1.807, 2.05) is 18.2 Å². The van der Waals surface area contributed by atoms with Gasteiger partial charge in [-0.1, -0.05) is 18.5 Å². The topological polar surface area (TPSA) is 47.0 Å². The quantitative estimate of drug-likeness (QED) is 0.838. The summed E-state index contributed by atoms with van der Waals surface area (Å²) in [5.74, 6) is 1.48. The number of halogens is 2. The van der Waals surface area contributed by atoms with Crippen molar-refractivity contribution in [1.82, 2.24) is 9.97 Å². The molecule has 2 heterocycles. The van der Waals surface area contributed by atoms with Gasteiger partial charge in [-0.05, 0) is 40.5 Å². The summed E-state index contributed by atoms with van der Waals surface area (Å²) in [6.45, 7) is 3.29. The number of ether oxygens (including phenoxy) is 1. The number of nitrogens with zero attached hydrogens (tertiary/aromatic N) is 2. The van der Waals surface area contributed by atoms with Gasteiger partial charge in [-0.2, -0.15) is 0 Å². The monoisotopic (exact) mass is 355 g/mol. The zero-order valence-corrected chi connectivity index (χ0v) is 13.4. The van der Waals surface area contributed by atoms with Crippen LogP contribution in [0.25, 0.3) is 0 Å². The van der Waals surface area contributed by atoms with Crippen molar-refractivity contribution in [1.29, 1.82) is 0 Å². The van der Waals surface area contributed by atoms with Crippen molar-refractivity contribution in [2.45, 2.75) is 20.0 Å². The number of hydrogen-bond acceptors (Lipinski definition) is 4. The summed E-state index contributed by atoms with van der Waals surface area (Å²) < 4.78 is 6.51. The number of anilines is 1. The first-order chi connectivity index (χ1) is 9.69. The molecule has 0 aliphatic heterocycles. The van der Waals surface area contributed by atoms with E-state index in [2.05, 4.69) is 38.1 Å². The molecule has 0 aromatic carbocycles. The van der Waals surface area contributed by atoms with E-state index in [1.54, 1.807) is 12.4 Å². The molecule has 0 saturated heterocycles. The predicted molar refractivity (Wildman–Crippen MR) is 84.3 cm³/mol. The van der Waals surface area contributed by atoms with Gasteiger partial charge in [-0.3, -0.25) is 4.98 Å². The van der Waals surface area contributed by atoms with Crippen LogP contribution in [0.2, 0.25) is 5.02 Å². The van der Waals surface area contributed by atoms with E-state index in [9.17, 15) is 0 Å². The molecule has 2 aromatic heterocycles. The van der Waals surface area contributed by atoms with Crippen molar-refractivity contribution in [3.8, 4) is 5.75 Å². The highest BCUT2D eigenvalue weighted by Crippen LogP contribution is 2.20. The Morgan fingerprint density at radius 2 is 2.20 bits per heavy atom. The molecular formula is C14H15BrClN3O. The highest BCUT2D eigenvalue weighted by molar-refractivity contribution is 9.10. The number of hydrogen-bond donors (Lipinski definition) is 1. The van der Waals surface area contributed by atoms with Gasteiger partial charge in [0, 0.05) is 17.2 Å². The fourth-order valence-electron chi connectivity index (χ4n) is 1.56. The lowest BCUT2D eigenvalue weighted by atomic mass is 10.3. The van der Waals surface area contributed by atoms with Crippen molar-refractivity contribution in [3.05, 3.63) is 45.8 Å². The van der Waals surface area contributed by atoms with E-state index in [1.165, 1.54) is 0 Å². The molecule has 2 rings (SSSR count). The molecule has 0 amide bonds. The lowest BCUT2D eigenvalue weighted by molar-refractivity contribution is 0.300. The maximum atomic E-state index is 6.13. The lowest BCUT2D eigenvalue weighted by Gasteiger charge is -2.10. The minimum absolute atomic E-state index is 0.304. The van der Waals surface area contributed by atoms with Crippen LogP contribution < -0.4 is 10.1 Å². The Bertz CT molecular complexity index is 580. The Morgan fingerprint density at radius 3 is 2.95 bits per heavy atom. The minimum atomic E-state index is 0.304. The van der Waals surface area contributed by atoms with Crippen LogP contribution in [0.4, 0.5) is 5.82 Å². The van der Waals surface area contributed by atoms with Gasteiger partial charge in [0.15, 0.2) is 0 Å². The molecule has 0 fully saturated rings. The van der Waals surface area contributed by atoms with Crippen molar-refractivity contribution in [2.75, 3.05) is 11.9 Å². The molecule has 1 N–H and O–H groups in total. The third kappa shape index (κ3) is 4.35. The summed E-state index contributed by atoms with van der Waals surface area (Å²) >= 11 is 9.48. The van der Waals surface area contributed by atoms with E-state index >= 15 is 0 Å². The van der Waals surface area contributed by atoms with Crippen molar-refractivity contribution in [2.24, 2.45) is 0 Å². The molecule has 2 aromatic rings. The van der Waals surface area contributed by atoms with Crippen LogP contribution in [0.3, 0.4) is 0 Å². The number of aromatic nitrogens is 2. The van der Waals surface area contributed by atoms with Gasteiger partial charge >= 0.3 is 0 Å². The van der Waals surface area contributed by atoms with Gasteiger partial charge in [0.25, 0.3) is 0 Å². The normalized spacial score (nSPS) is 10.3. The molecule has 20 heavy (non-hydrogen) atoms. The average Bonchev–Trinajstić information content (AvgIpc) is 2.45. The molecular weight excluding hydrogens is 342 g/mol. The molecule has 4 nitrogen and oxygen atoms in total. The van der Waals surface area contributed by atoms with E-state index in [-0.39, 0.29) is 0 Å². The van der Waals surface area contributed by atoms with Gasteiger partial charge in [-0.15, -0.1) is 0 Å². The first kappa shape index (κ1) is 15.1. The largest absolute Gasteiger partial charge is 0.486 e. The Kier molecular flexibility index (Phi) is 5.61. The van der Waals surface area contributed by atoms with Crippen LogP contribution in [0.15, 0.2) is 35.1 Å². The zero-order chi connectivity index (χ0) is 14.4. The molecule has 0 saturated carbocycles. The standard InChI is InChI=1S/C14H15BrClN3O/c1-2-5-18-14-4-3-12(16)13(19-14)9-20-11-6-10(15)7-17-8-11/h3-4,6-8H,2,5,9H2,1H3,(H,18,19). The molecule has 0 unspecified atom stereocenters. The Labute approximate surface area is 131 Å². The smallest absolute Gasteiger partial charge is 0.139 e. The molecule has 0 radical (unpaired) electrons. The maximum Gasteiger partial charge on any atom is 0.139 e. The van der Waals surface area contributed by atoms with Crippen LogP contribution >= 0.6 is 27.5 Å². The summed E-state index contributed by atoms with van der Waals surface area (Å²) in [6.07, 6.45) is 4.39. The van der Waals surface area contributed by atoms with Crippen molar-refractivity contribution < 1.29 is 4.74 Å².